The first-order chi connectivity index (χ1) is 16.7. The van der Waals surface area contributed by atoms with Gasteiger partial charge in [-0.1, -0.05) is 12.1 Å². The van der Waals surface area contributed by atoms with E-state index >= 15 is 0 Å². The number of pyridine rings is 1. The molecule has 9 heteroatoms. The van der Waals surface area contributed by atoms with Gasteiger partial charge >= 0.3 is 6.18 Å². The number of methoxy groups -OCH3 is 1. The molecule has 3 aromatic rings. The van der Waals surface area contributed by atoms with Crippen LogP contribution in [0.25, 0.3) is 0 Å². The summed E-state index contributed by atoms with van der Waals surface area (Å²) in [5.74, 6) is 0.0565. The molecule has 1 fully saturated rings. The highest BCUT2D eigenvalue weighted by molar-refractivity contribution is 5.95. The lowest BCUT2D eigenvalue weighted by Crippen LogP contribution is -2.39. The fourth-order valence-corrected chi connectivity index (χ4v) is 4.14. The number of likely N-dealkylation sites (tertiary alicyclic amines) is 1. The van der Waals surface area contributed by atoms with Crippen molar-refractivity contribution in [1.82, 2.24) is 9.88 Å². The number of piperidine rings is 1. The average molecular weight is 488 g/mol. The summed E-state index contributed by atoms with van der Waals surface area (Å²) in [5.41, 5.74) is 0.141. The number of hydrogen-bond donors (Lipinski definition) is 0. The van der Waals surface area contributed by atoms with E-state index in [1.165, 1.54) is 25.3 Å². The summed E-state index contributed by atoms with van der Waals surface area (Å²) in [4.78, 5) is 18.3. The minimum Gasteiger partial charge on any atom is -0.497 e. The monoisotopic (exact) mass is 488 g/mol. The third-order valence-corrected chi connectivity index (χ3v) is 6.01. The molecule has 1 amide bonds. The molecular weight excluding hydrogens is 464 g/mol. The first-order valence-electron chi connectivity index (χ1n) is 11.2. The van der Waals surface area contributed by atoms with E-state index in [0.29, 0.717) is 30.5 Å². The number of carbonyl (C=O) groups is 1. The van der Waals surface area contributed by atoms with E-state index in [1.54, 1.807) is 23.1 Å². The highest BCUT2D eigenvalue weighted by Gasteiger charge is 2.31. The van der Waals surface area contributed by atoms with Gasteiger partial charge in [0.1, 0.15) is 17.3 Å². The van der Waals surface area contributed by atoms with E-state index in [9.17, 15) is 22.4 Å². The summed E-state index contributed by atoms with van der Waals surface area (Å²) in [6, 6.07) is 13.0. The molecule has 1 aromatic heterocycles. The number of rotatable bonds is 6. The second-order valence-corrected chi connectivity index (χ2v) is 8.42. The minimum atomic E-state index is -4.47. The quantitative estimate of drug-likeness (QED) is 0.392. The maximum atomic E-state index is 14.2. The van der Waals surface area contributed by atoms with E-state index < -0.39 is 17.6 Å². The van der Waals surface area contributed by atoms with E-state index in [-0.39, 0.29) is 17.4 Å². The molecule has 0 N–H and O–H groups in total. The van der Waals surface area contributed by atoms with Crippen LogP contribution >= 0.6 is 0 Å². The van der Waals surface area contributed by atoms with Crippen molar-refractivity contribution in [2.45, 2.75) is 25.4 Å². The van der Waals surface area contributed by atoms with Gasteiger partial charge in [0, 0.05) is 25.4 Å². The number of hydrogen-bond acceptors (Lipinski definition) is 4. The lowest BCUT2D eigenvalue weighted by molar-refractivity contribution is -0.137. The third-order valence-electron chi connectivity index (χ3n) is 6.01. The van der Waals surface area contributed by atoms with Crippen LogP contribution in [-0.2, 0) is 12.6 Å². The molecule has 0 unspecified atom stereocenters. The molecule has 0 spiro atoms. The van der Waals surface area contributed by atoms with E-state index in [0.717, 1.165) is 43.2 Å². The van der Waals surface area contributed by atoms with Gasteiger partial charge in [-0.3, -0.25) is 4.79 Å². The standard InChI is InChI=1S/C26H24F4N2O3/c1-34-20-5-6-23(27)22(16-20)25(33)32-11-8-17(9-12-32)13-18-3-2-4-21(14-18)35-24-15-19(7-10-31-24)26(28,29)30/h2-7,10,14-17H,8-9,11-13H2,1H3. The molecule has 2 aromatic carbocycles. The van der Waals surface area contributed by atoms with Gasteiger partial charge in [0.05, 0.1) is 18.2 Å². The maximum absolute atomic E-state index is 14.2. The Hall–Kier alpha value is -3.62. The Morgan fingerprint density at radius 2 is 1.83 bits per heavy atom. The maximum Gasteiger partial charge on any atom is 0.416 e. The number of benzene rings is 2. The molecule has 1 saturated heterocycles. The molecule has 4 rings (SSSR count). The highest BCUT2D eigenvalue weighted by atomic mass is 19.4. The molecule has 1 aliphatic heterocycles. The van der Waals surface area contributed by atoms with Crippen LogP contribution in [-0.4, -0.2) is 36.0 Å². The first-order valence-corrected chi connectivity index (χ1v) is 11.2. The van der Waals surface area contributed by atoms with Gasteiger partial charge in [-0.2, -0.15) is 13.2 Å². The molecule has 0 atom stereocenters. The van der Waals surface area contributed by atoms with Crippen LogP contribution in [0.5, 0.6) is 17.4 Å². The minimum absolute atomic E-state index is 0.00384. The summed E-state index contributed by atoms with van der Waals surface area (Å²) in [6.07, 6.45) is -1.19. The Bertz CT molecular complexity index is 1190. The van der Waals surface area contributed by atoms with Crippen LogP contribution in [0.15, 0.2) is 60.8 Å². The number of amides is 1. The number of halogens is 4. The van der Waals surface area contributed by atoms with Crippen molar-refractivity contribution in [1.29, 1.82) is 0 Å². The molecular formula is C26H24F4N2O3. The van der Waals surface area contributed by atoms with Crippen molar-refractivity contribution in [3.63, 3.8) is 0 Å². The van der Waals surface area contributed by atoms with Gasteiger partial charge in [0.25, 0.3) is 5.91 Å². The van der Waals surface area contributed by atoms with Crippen LogP contribution < -0.4 is 9.47 Å². The second kappa shape index (κ2) is 10.3. The van der Waals surface area contributed by atoms with Crippen LogP contribution in [0.1, 0.15) is 34.3 Å². The Kier molecular flexibility index (Phi) is 7.23. The van der Waals surface area contributed by atoms with E-state index in [1.807, 2.05) is 6.07 Å². The number of alkyl halides is 3. The summed E-state index contributed by atoms with van der Waals surface area (Å²) in [7, 11) is 1.46. The fourth-order valence-electron chi connectivity index (χ4n) is 4.14. The average Bonchev–Trinajstić information content (AvgIpc) is 2.84. The van der Waals surface area contributed by atoms with Gasteiger partial charge in [-0.25, -0.2) is 9.37 Å². The molecule has 5 nitrogen and oxygen atoms in total. The number of nitrogens with zero attached hydrogens (tertiary/aromatic N) is 2. The SMILES string of the molecule is COc1ccc(F)c(C(=O)N2CCC(Cc3cccc(Oc4cc(C(F)(F)F)ccn4)c3)CC2)c1. The van der Waals surface area contributed by atoms with Crippen LogP contribution in [0.2, 0.25) is 0 Å². The lowest BCUT2D eigenvalue weighted by atomic mass is 9.90. The van der Waals surface area contributed by atoms with E-state index in [2.05, 4.69) is 4.98 Å². The number of aromatic nitrogens is 1. The number of carbonyl (C=O) groups excluding carboxylic acids is 1. The van der Waals surface area contributed by atoms with Crippen molar-refractivity contribution < 1.29 is 31.8 Å². The van der Waals surface area contributed by atoms with Crippen molar-refractivity contribution in [3.05, 3.63) is 83.3 Å². The fraction of sp³-hybridized carbons (Fsp3) is 0.308. The number of ether oxygens (including phenoxy) is 2. The van der Waals surface area contributed by atoms with Gasteiger partial charge in [-0.15, -0.1) is 0 Å². The van der Waals surface area contributed by atoms with Crippen molar-refractivity contribution in [3.8, 4) is 17.4 Å². The molecule has 0 aliphatic carbocycles. The van der Waals surface area contributed by atoms with Crippen molar-refractivity contribution in [2.75, 3.05) is 20.2 Å². The molecule has 184 valence electrons. The molecule has 35 heavy (non-hydrogen) atoms. The predicted molar refractivity (Wildman–Crippen MR) is 121 cm³/mol. The van der Waals surface area contributed by atoms with Gasteiger partial charge in [-0.05, 0) is 67.1 Å². The summed E-state index contributed by atoms with van der Waals surface area (Å²) >= 11 is 0. The smallest absolute Gasteiger partial charge is 0.416 e. The van der Waals surface area contributed by atoms with Gasteiger partial charge < -0.3 is 14.4 Å². The van der Waals surface area contributed by atoms with Crippen LogP contribution in [0.4, 0.5) is 17.6 Å². The molecule has 0 saturated carbocycles. The lowest BCUT2D eigenvalue weighted by Gasteiger charge is -2.32. The Labute approximate surface area is 200 Å². The normalized spacial score (nSPS) is 14.6. The largest absolute Gasteiger partial charge is 0.497 e. The molecule has 2 heterocycles. The zero-order valence-electron chi connectivity index (χ0n) is 19.0. The summed E-state index contributed by atoms with van der Waals surface area (Å²) in [5, 5.41) is 0. The highest BCUT2D eigenvalue weighted by Crippen LogP contribution is 2.32. The summed E-state index contributed by atoms with van der Waals surface area (Å²) in [6.45, 7) is 1.01. The first kappa shape index (κ1) is 24.5. The Morgan fingerprint density at radius 1 is 1.06 bits per heavy atom. The topological polar surface area (TPSA) is 51.7 Å². The van der Waals surface area contributed by atoms with Gasteiger partial charge in [0.2, 0.25) is 5.88 Å². The Balaban J connectivity index is 1.35. The molecule has 0 radical (unpaired) electrons. The summed E-state index contributed by atoms with van der Waals surface area (Å²) < 4.78 is 63.6. The zero-order chi connectivity index (χ0) is 25.0. The molecule has 0 bridgehead atoms. The van der Waals surface area contributed by atoms with Crippen LogP contribution in [0.3, 0.4) is 0 Å². The third kappa shape index (κ3) is 6.09. The zero-order valence-corrected chi connectivity index (χ0v) is 19.0. The van der Waals surface area contributed by atoms with Crippen molar-refractivity contribution >= 4 is 5.91 Å². The predicted octanol–water partition coefficient (Wildman–Crippen LogP) is 6.14. The van der Waals surface area contributed by atoms with E-state index in [4.69, 9.17) is 9.47 Å². The second-order valence-electron chi connectivity index (χ2n) is 8.42. The van der Waals surface area contributed by atoms with Gasteiger partial charge in [0.15, 0.2) is 0 Å². The van der Waals surface area contributed by atoms with Crippen LogP contribution in [0, 0.1) is 11.7 Å². The Morgan fingerprint density at radius 3 is 2.54 bits per heavy atom. The van der Waals surface area contributed by atoms with Crippen molar-refractivity contribution in [2.24, 2.45) is 5.92 Å². The molecule has 1 aliphatic rings.